The summed E-state index contributed by atoms with van der Waals surface area (Å²) < 4.78 is 13.6. The summed E-state index contributed by atoms with van der Waals surface area (Å²) in [7, 11) is 0. The fourth-order valence-corrected chi connectivity index (χ4v) is 3.30. The van der Waals surface area contributed by atoms with Crippen LogP contribution in [-0.2, 0) is 4.79 Å². The van der Waals surface area contributed by atoms with Crippen molar-refractivity contribution in [1.82, 2.24) is 0 Å². The fraction of sp³-hybridized carbons (Fsp3) is 0.0455. The average Bonchev–Trinajstić information content (AvgIpc) is 2.75. The van der Waals surface area contributed by atoms with E-state index in [4.69, 9.17) is 0 Å². The largest absolute Gasteiger partial charge is 0.478 e. The molecule has 3 aromatic rings. The predicted octanol–water partition coefficient (Wildman–Crippen LogP) is 4.51. The number of thioether (sulfide) groups is 1. The van der Waals surface area contributed by atoms with Gasteiger partial charge in [0, 0.05) is 10.6 Å². The molecule has 0 aliphatic heterocycles. The zero-order valence-electron chi connectivity index (χ0n) is 15.6. The van der Waals surface area contributed by atoms with E-state index < -0.39 is 17.7 Å². The second-order valence-corrected chi connectivity index (χ2v) is 7.19. The Bertz CT molecular complexity index is 1090. The van der Waals surface area contributed by atoms with E-state index in [0.29, 0.717) is 5.69 Å². The highest BCUT2D eigenvalue weighted by Gasteiger charge is 2.15. The van der Waals surface area contributed by atoms with Gasteiger partial charge in [0.2, 0.25) is 5.91 Å². The summed E-state index contributed by atoms with van der Waals surface area (Å²) in [6.07, 6.45) is 0. The van der Waals surface area contributed by atoms with Crippen LogP contribution in [0.1, 0.15) is 20.7 Å². The van der Waals surface area contributed by atoms with Crippen LogP contribution in [0.4, 0.5) is 15.8 Å². The van der Waals surface area contributed by atoms with Gasteiger partial charge in [0.1, 0.15) is 5.82 Å². The first-order valence-electron chi connectivity index (χ1n) is 8.85. The number of carboxylic acid groups (broad SMARTS) is 1. The molecule has 3 aromatic carbocycles. The van der Waals surface area contributed by atoms with Crippen molar-refractivity contribution in [3.05, 3.63) is 89.7 Å². The summed E-state index contributed by atoms with van der Waals surface area (Å²) in [5.74, 6) is -2.46. The van der Waals surface area contributed by atoms with Crippen LogP contribution >= 0.6 is 11.8 Å². The van der Waals surface area contributed by atoms with Gasteiger partial charge in [-0.25, -0.2) is 9.18 Å². The highest BCUT2D eigenvalue weighted by atomic mass is 32.2. The SMILES string of the molecule is O=C(CSc1ccc(NC(=O)c2ccccc2C(=O)O)cc1)Nc1ccccc1F. The minimum absolute atomic E-state index is 0.0632. The molecule has 0 saturated heterocycles. The lowest BCUT2D eigenvalue weighted by atomic mass is 10.1. The molecule has 0 saturated carbocycles. The van der Waals surface area contributed by atoms with Crippen molar-refractivity contribution in [2.24, 2.45) is 0 Å². The van der Waals surface area contributed by atoms with E-state index >= 15 is 0 Å². The third-order valence-electron chi connectivity index (χ3n) is 4.03. The smallest absolute Gasteiger partial charge is 0.336 e. The Kier molecular flexibility index (Phi) is 6.82. The van der Waals surface area contributed by atoms with Crippen LogP contribution in [-0.4, -0.2) is 28.6 Å². The topological polar surface area (TPSA) is 95.5 Å². The molecular formula is C22H17FN2O4S. The minimum Gasteiger partial charge on any atom is -0.478 e. The van der Waals surface area contributed by atoms with Crippen LogP contribution in [0, 0.1) is 5.82 Å². The van der Waals surface area contributed by atoms with Crippen molar-refractivity contribution < 1.29 is 23.9 Å². The highest BCUT2D eigenvalue weighted by Crippen LogP contribution is 2.22. The lowest BCUT2D eigenvalue weighted by Gasteiger charge is -2.09. The highest BCUT2D eigenvalue weighted by molar-refractivity contribution is 8.00. The van der Waals surface area contributed by atoms with Gasteiger partial charge >= 0.3 is 5.97 Å². The number of aromatic carboxylic acids is 1. The van der Waals surface area contributed by atoms with Gasteiger partial charge in [0.15, 0.2) is 0 Å². The lowest BCUT2D eigenvalue weighted by molar-refractivity contribution is -0.113. The van der Waals surface area contributed by atoms with E-state index in [1.54, 1.807) is 48.5 Å². The number of hydrogen-bond acceptors (Lipinski definition) is 4. The van der Waals surface area contributed by atoms with Crippen LogP contribution < -0.4 is 10.6 Å². The number of carbonyl (C=O) groups excluding carboxylic acids is 2. The molecule has 0 bridgehead atoms. The molecule has 0 heterocycles. The van der Waals surface area contributed by atoms with E-state index in [1.807, 2.05) is 0 Å². The summed E-state index contributed by atoms with van der Waals surface area (Å²) in [5, 5.41) is 14.4. The van der Waals surface area contributed by atoms with E-state index in [-0.39, 0.29) is 28.5 Å². The maximum Gasteiger partial charge on any atom is 0.336 e. The van der Waals surface area contributed by atoms with E-state index in [0.717, 1.165) is 4.90 Å². The summed E-state index contributed by atoms with van der Waals surface area (Å²) in [6, 6.07) is 18.6. The fourth-order valence-electron chi connectivity index (χ4n) is 2.60. The quantitative estimate of drug-likeness (QED) is 0.485. The third-order valence-corrected chi connectivity index (χ3v) is 5.04. The summed E-state index contributed by atoms with van der Waals surface area (Å²) >= 11 is 1.26. The first-order chi connectivity index (χ1) is 14.4. The number of carboxylic acids is 1. The summed E-state index contributed by atoms with van der Waals surface area (Å²) in [4.78, 5) is 36.4. The molecule has 3 N–H and O–H groups in total. The number of rotatable bonds is 7. The Hall–Kier alpha value is -3.65. The molecule has 0 atom stereocenters. The average molecular weight is 424 g/mol. The number of halogens is 1. The standard InChI is InChI=1S/C22H17FN2O4S/c23-18-7-3-4-8-19(18)25-20(26)13-30-15-11-9-14(10-12-15)24-21(27)16-5-1-2-6-17(16)22(28)29/h1-12H,13H2,(H,24,27)(H,25,26)(H,28,29). The van der Waals surface area contributed by atoms with Crippen molar-refractivity contribution in [3.8, 4) is 0 Å². The van der Waals surface area contributed by atoms with Crippen molar-refractivity contribution in [2.75, 3.05) is 16.4 Å². The van der Waals surface area contributed by atoms with Crippen molar-refractivity contribution in [1.29, 1.82) is 0 Å². The molecule has 152 valence electrons. The number of carbonyl (C=O) groups is 3. The summed E-state index contributed by atoms with van der Waals surface area (Å²) in [6.45, 7) is 0. The van der Waals surface area contributed by atoms with Crippen LogP contribution in [0.25, 0.3) is 0 Å². The minimum atomic E-state index is -1.18. The van der Waals surface area contributed by atoms with Crippen molar-refractivity contribution in [2.45, 2.75) is 4.90 Å². The zero-order valence-corrected chi connectivity index (χ0v) is 16.4. The molecule has 3 rings (SSSR count). The van der Waals surface area contributed by atoms with Crippen molar-refractivity contribution in [3.63, 3.8) is 0 Å². The van der Waals surface area contributed by atoms with Gasteiger partial charge in [-0.3, -0.25) is 9.59 Å². The van der Waals surface area contributed by atoms with Crippen LogP contribution in [0.3, 0.4) is 0 Å². The molecule has 0 aliphatic carbocycles. The Morgan fingerprint density at radius 2 is 1.47 bits per heavy atom. The zero-order chi connectivity index (χ0) is 21.5. The van der Waals surface area contributed by atoms with Gasteiger partial charge in [-0.2, -0.15) is 0 Å². The molecule has 0 spiro atoms. The lowest BCUT2D eigenvalue weighted by Crippen LogP contribution is -2.16. The number of benzene rings is 3. The van der Waals surface area contributed by atoms with Crippen LogP contribution in [0.15, 0.2) is 77.7 Å². The van der Waals surface area contributed by atoms with Crippen LogP contribution in [0.5, 0.6) is 0 Å². The first-order valence-corrected chi connectivity index (χ1v) is 9.83. The molecule has 0 aliphatic rings. The first kappa shape index (κ1) is 21.1. The number of hydrogen-bond donors (Lipinski definition) is 3. The van der Waals surface area contributed by atoms with Gasteiger partial charge < -0.3 is 15.7 Å². The molecular weight excluding hydrogens is 407 g/mol. The Morgan fingerprint density at radius 3 is 2.13 bits per heavy atom. The van der Waals surface area contributed by atoms with Crippen LogP contribution in [0.2, 0.25) is 0 Å². The molecule has 30 heavy (non-hydrogen) atoms. The molecule has 8 heteroatoms. The Balaban J connectivity index is 1.56. The van der Waals surface area contributed by atoms with Gasteiger partial charge in [-0.1, -0.05) is 24.3 Å². The summed E-state index contributed by atoms with van der Waals surface area (Å²) in [5.41, 5.74) is 0.597. The van der Waals surface area contributed by atoms with E-state index in [1.165, 1.54) is 36.0 Å². The van der Waals surface area contributed by atoms with Gasteiger partial charge in [-0.15, -0.1) is 11.8 Å². The number of nitrogens with one attached hydrogen (secondary N) is 2. The van der Waals surface area contributed by atoms with Gasteiger partial charge in [0.25, 0.3) is 5.91 Å². The van der Waals surface area contributed by atoms with Gasteiger partial charge in [-0.05, 0) is 48.5 Å². The monoisotopic (exact) mass is 424 g/mol. The second-order valence-electron chi connectivity index (χ2n) is 6.15. The molecule has 6 nitrogen and oxygen atoms in total. The molecule has 0 aromatic heterocycles. The second kappa shape index (κ2) is 9.71. The molecule has 0 fully saturated rings. The predicted molar refractivity (Wildman–Crippen MR) is 114 cm³/mol. The number of amides is 2. The van der Waals surface area contributed by atoms with E-state index in [2.05, 4.69) is 10.6 Å². The molecule has 2 amide bonds. The maximum atomic E-state index is 13.6. The Morgan fingerprint density at radius 1 is 0.833 bits per heavy atom. The number of para-hydroxylation sites is 1. The van der Waals surface area contributed by atoms with Crippen molar-refractivity contribution >= 4 is 40.9 Å². The normalized spacial score (nSPS) is 10.3. The maximum absolute atomic E-state index is 13.6. The third kappa shape index (κ3) is 5.45. The number of anilines is 2. The molecule has 0 unspecified atom stereocenters. The molecule has 0 radical (unpaired) electrons. The van der Waals surface area contributed by atoms with E-state index in [9.17, 15) is 23.9 Å². The van der Waals surface area contributed by atoms with Gasteiger partial charge in [0.05, 0.1) is 22.6 Å². The Labute approximate surface area is 176 Å².